The van der Waals surface area contributed by atoms with Crippen molar-refractivity contribution in [3.05, 3.63) is 22.1 Å². The lowest BCUT2D eigenvalue weighted by Gasteiger charge is -2.00. The van der Waals surface area contributed by atoms with E-state index in [0.29, 0.717) is 5.69 Å². The third kappa shape index (κ3) is 7.49. The summed E-state index contributed by atoms with van der Waals surface area (Å²) in [7, 11) is 0. The largest absolute Gasteiger partial charge is 0.289 e. The number of rotatable bonds is 3. The minimum atomic E-state index is -0.875. The zero-order valence-corrected chi connectivity index (χ0v) is 12.6. The average molecular weight is 269 g/mol. The first-order chi connectivity index (χ1) is 8.77. The van der Waals surface area contributed by atoms with Crippen LogP contribution >= 0.6 is 0 Å². The summed E-state index contributed by atoms with van der Waals surface area (Å²) in [6.45, 7) is 12.1. The van der Waals surface area contributed by atoms with Crippen LogP contribution in [0, 0.1) is 24.8 Å². The van der Waals surface area contributed by atoms with E-state index in [1.54, 1.807) is 13.1 Å². The summed E-state index contributed by atoms with van der Waals surface area (Å²) < 4.78 is 12.7. The number of aromatic nitrogens is 2. The number of nitrogens with zero attached hydrogens (tertiary/aromatic N) is 2. The predicted octanol–water partition coefficient (Wildman–Crippen LogP) is 3.63. The maximum atomic E-state index is 12.7. The molecule has 0 aliphatic rings. The second-order valence-electron chi connectivity index (χ2n) is 5.19. The highest BCUT2D eigenvalue weighted by molar-refractivity contribution is 5.65. The van der Waals surface area contributed by atoms with Gasteiger partial charge in [-0.05, 0) is 25.2 Å². The molecule has 0 fully saturated rings. The van der Waals surface area contributed by atoms with Crippen LogP contribution in [0.2, 0.25) is 0 Å². The van der Waals surface area contributed by atoms with Crippen molar-refractivity contribution >= 4 is 11.9 Å². The number of nitrogens with one attached hydrogen (secondary N) is 1. The van der Waals surface area contributed by atoms with E-state index in [4.69, 9.17) is 0 Å². The summed E-state index contributed by atoms with van der Waals surface area (Å²) in [4.78, 5) is 20.8. The quantitative estimate of drug-likeness (QED) is 0.673. The van der Waals surface area contributed by atoms with E-state index in [0.717, 1.165) is 12.3 Å². The van der Waals surface area contributed by atoms with Gasteiger partial charge in [-0.15, -0.1) is 0 Å². The predicted molar refractivity (Wildman–Crippen MR) is 77.7 cm³/mol. The second-order valence-corrected chi connectivity index (χ2v) is 5.19. The highest BCUT2D eigenvalue weighted by atomic mass is 19.1. The number of aliphatic imine (C=N–C) groups is 1. The minimum Gasteiger partial charge on any atom is -0.281 e. The Hall–Kier alpha value is -1.52. The van der Waals surface area contributed by atoms with Gasteiger partial charge in [-0.25, -0.2) is 4.98 Å². The van der Waals surface area contributed by atoms with Gasteiger partial charge in [-0.2, -0.15) is 4.39 Å². The topological polar surface area (TPSA) is 58.1 Å². The van der Waals surface area contributed by atoms with Crippen molar-refractivity contribution in [2.24, 2.45) is 16.8 Å². The van der Waals surface area contributed by atoms with Gasteiger partial charge < -0.3 is 0 Å². The Labute approximate surface area is 114 Å². The number of aryl methyl sites for hydroxylation is 1. The summed E-state index contributed by atoms with van der Waals surface area (Å²) in [5, 5.41) is 0. The first kappa shape index (κ1) is 17.5. The Balaban J connectivity index is 0.000000711. The minimum absolute atomic E-state index is 0.178. The summed E-state index contributed by atoms with van der Waals surface area (Å²) >= 11 is 0. The molecule has 1 aromatic heterocycles. The van der Waals surface area contributed by atoms with Crippen LogP contribution in [0.5, 0.6) is 0 Å². The van der Waals surface area contributed by atoms with Crippen molar-refractivity contribution in [1.82, 2.24) is 9.97 Å². The summed E-state index contributed by atoms with van der Waals surface area (Å²) in [6.07, 6.45) is 1.74. The molecule has 0 spiro atoms. The lowest BCUT2D eigenvalue weighted by molar-refractivity contribution is 0.531. The summed E-state index contributed by atoms with van der Waals surface area (Å²) in [5.41, 5.74) is -0.0629. The first-order valence-electron chi connectivity index (χ1n) is 6.58. The van der Waals surface area contributed by atoms with Gasteiger partial charge in [0.05, 0.1) is 5.69 Å². The fourth-order valence-electron chi connectivity index (χ4n) is 1.00. The van der Waals surface area contributed by atoms with Gasteiger partial charge in [0.15, 0.2) is 0 Å². The smallest absolute Gasteiger partial charge is 0.281 e. The van der Waals surface area contributed by atoms with Gasteiger partial charge >= 0.3 is 0 Å². The number of H-pyrrole nitrogens is 1. The number of aromatic amines is 1. The Bertz CT molecular complexity index is 463. The monoisotopic (exact) mass is 269 g/mol. The fourth-order valence-corrected chi connectivity index (χ4v) is 1.00. The average Bonchev–Trinajstić information content (AvgIpc) is 2.26. The van der Waals surface area contributed by atoms with Gasteiger partial charge in [-0.1, -0.05) is 34.6 Å². The second kappa shape index (κ2) is 8.56. The molecular formula is C14H24FN3O. The van der Waals surface area contributed by atoms with Crippen LogP contribution in [-0.4, -0.2) is 16.2 Å². The van der Waals surface area contributed by atoms with Gasteiger partial charge in [0, 0.05) is 6.21 Å². The SMILES string of the molecule is CC(C)C.CCC(C)C=Nc1c(C)nc(F)[nH]c1=O. The van der Waals surface area contributed by atoms with Crippen LogP contribution in [0.4, 0.5) is 10.1 Å². The molecule has 5 heteroatoms. The molecular weight excluding hydrogens is 245 g/mol. The normalized spacial score (nSPS) is 12.4. The highest BCUT2D eigenvalue weighted by Gasteiger charge is 2.06. The molecule has 0 aromatic carbocycles. The molecule has 0 saturated carbocycles. The molecule has 0 aliphatic heterocycles. The first-order valence-corrected chi connectivity index (χ1v) is 6.58. The van der Waals surface area contributed by atoms with Crippen molar-refractivity contribution in [3.8, 4) is 0 Å². The van der Waals surface area contributed by atoms with Gasteiger partial charge in [0.1, 0.15) is 5.69 Å². The standard InChI is InChI=1S/C10H14FN3O.C4H10/c1-4-6(2)5-12-8-7(3)13-10(11)14-9(8)15;1-4(2)3/h5-6H,4H2,1-3H3,(H,13,14,15);4H,1-3H3. The zero-order valence-electron chi connectivity index (χ0n) is 12.6. The molecule has 1 atom stereocenters. The zero-order chi connectivity index (χ0) is 15.0. The maximum Gasteiger partial charge on any atom is 0.289 e. The van der Waals surface area contributed by atoms with Crippen molar-refractivity contribution < 1.29 is 4.39 Å². The van der Waals surface area contributed by atoms with Gasteiger partial charge in [-0.3, -0.25) is 14.8 Å². The van der Waals surface area contributed by atoms with Crippen molar-refractivity contribution in [2.75, 3.05) is 0 Å². The van der Waals surface area contributed by atoms with E-state index in [9.17, 15) is 9.18 Å². The molecule has 0 aliphatic carbocycles. The Kier molecular flexibility index (Phi) is 7.87. The van der Waals surface area contributed by atoms with Crippen LogP contribution in [-0.2, 0) is 0 Å². The van der Waals surface area contributed by atoms with E-state index in [1.807, 2.05) is 18.8 Å². The lowest BCUT2D eigenvalue weighted by Crippen LogP contribution is -2.11. The molecule has 0 amide bonds. The molecule has 4 nitrogen and oxygen atoms in total. The summed E-state index contributed by atoms with van der Waals surface area (Å²) in [6, 6.07) is 0. The molecule has 1 unspecified atom stereocenters. The van der Waals surface area contributed by atoms with E-state index < -0.39 is 11.6 Å². The third-order valence-electron chi connectivity index (χ3n) is 2.14. The number of hydrogen-bond donors (Lipinski definition) is 1. The van der Waals surface area contributed by atoms with Crippen molar-refractivity contribution in [3.63, 3.8) is 0 Å². The molecule has 1 rings (SSSR count). The highest BCUT2D eigenvalue weighted by Crippen LogP contribution is 2.09. The van der Waals surface area contributed by atoms with Crippen LogP contribution in [0.15, 0.2) is 9.79 Å². The van der Waals surface area contributed by atoms with Crippen LogP contribution in [0.1, 0.15) is 46.7 Å². The lowest BCUT2D eigenvalue weighted by atomic mass is 10.1. The molecule has 0 bridgehead atoms. The van der Waals surface area contributed by atoms with Gasteiger partial charge in [0.2, 0.25) is 0 Å². The fraction of sp³-hybridized carbons (Fsp3) is 0.643. The van der Waals surface area contributed by atoms with E-state index in [1.165, 1.54) is 0 Å². The molecule has 1 N–H and O–H groups in total. The van der Waals surface area contributed by atoms with Crippen LogP contribution in [0.3, 0.4) is 0 Å². The molecule has 1 heterocycles. The Morgan fingerprint density at radius 2 is 1.89 bits per heavy atom. The van der Waals surface area contributed by atoms with E-state index >= 15 is 0 Å². The Morgan fingerprint density at radius 1 is 1.37 bits per heavy atom. The van der Waals surface area contributed by atoms with E-state index in [-0.39, 0.29) is 11.6 Å². The number of halogens is 1. The number of hydrogen-bond acceptors (Lipinski definition) is 3. The Morgan fingerprint density at radius 3 is 2.32 bits per heavy atom. The van der Waals surface area contributed by atoms with Crippen LogP contribution in [0.25, 0.3) is 0 Å². The van der Waals surface area contributed by atoms with Gasteiger partial charge in [0.25, 0.3) is 11.6 Å². The van der Waals surface area contributed by atoms with E-state index in [2.05, 4.69) is 30.7 Å². The maximum absolute atomic E-state index is 12.7. The molecule has 1 aromatic rings. The molecule has 0 saturated heterocycles. The summed E-state index contributed by atoms with van der Waals surface area (Å²) in [5.74, 6) is 1.12. The molecule has 19 heavy (non-hydrogen) atoms. The van der Waals surface area contributed by atoms with Crippen LogP contribution < -0.4 is 5.56 Å². The van der Waals surface area contributed by atoms with Crippen molar-refractivity contribution in [2.45, 2.75) is 48.0 Å². The van der Waals surface area contributed by atoms with Crippen molar-refractivity contribution in [1.29, 1.82) is 0 Å². The third-order valence-corrected chi connectivity index (χ3v) is 2.14. The molecule has 0 radical (unpaired) electrons. The molecule has 108 valence electrons.